The van der Waals surface area contributed by atoms with Gasteiger partial charge in [0.15, 0.2) is 17.2 Å². The summed E-state index contributed by atoms with van der Waals surface area (Å²) in [4.78, 5) is 10.8. The number of ether oxygens (including phenoxy) is 4. The van der Waals surface area contributed by atoms with Crippen molar-refractivity contribution in [2.75, 3.05) is 28.4 Å². The van der Waals surface area contributed by atoms with Gasteiger partial charge in [0.2, 0.25) is 5.75 Å². The molecule has 146 valence electrons. The molecule has 3 aromatic rings. The van der Waals surface area contributed by atoms with Crippen LogP contribution in [0.25, 0.3) is 16.9 Å². The Balaban J connectivity index is 2.16. The highest BCUT2D eigenvalue weighted by atomic mass is 16.6. The molecule has 0 atom stereocenters. The average Bonchev–Trinajstić information content (AvgIpc) is 3.21. The molecule has 10 nitrogen and oxygen atoms in total. The van der Waals surface area contributed by atoms with Crippen LogP contribution in [0, 0.1) is 10.1 Å². The van der Waals surface area contributed by atoms with Crippen LogP contribution < -0.4 is 18.9 Å². The van der Waals surface area contributed by atoms with Gasteiger partial charge in [-0.15, -0.1) is 5.10 Å². The lowest BCUT2D eigenvalue weighted by Crippen LogP contribution is -2.03. The third-order valence-electron chi connectivity index (χ3n) is 4.11. The van der Waals surface area contributed by atoms with Crippen molar-refractivity contribution in [2.45, 2.75) is 0 Å². The molecule has 0 amide bonds. The van der Waals surface area contributed by atoms with Crippen molar-refractivity contribution in [2.24, 2.45) is 0 Å². The number of hydrogen-bond donors (Lipinski definition) is 0. The van der Waals surface area contributed by atoms with Crippen LogP contribution in [-0.4, -0.2) is 48.4 Å². The van der Waals surface area contributed by atoms with Crippen molar-refractivity contribution < 1.29 is 23.9 Å². The zero-order valence-corrected chi connectivity index (χ0v) is 15.7. The Labute approximate surface area is 160 Å². The normalized spacial score (nSPS) is 10.4. The van der Waals surface area contributed by atoms with Crippen LogP contribution in [0.15, 0.2) is 36.5 Å². The first-order valence-electron chi connectivity index (χ1n) is 8.08. The summed E-state index contributed by atoms with van der Waals surface area (Å²) in [6, 6.07) is 8.04. The van der Waals surface area contributed by atoms with Gasteiger partial charge >= 0.3 is 5.69 Å². The molecule has 0 saturated carbocycles. The zero-order valence-electron chi connectivity index (χ0n) is 15.7. The van der Waals surface area contributed by atoms with E-state index in [-0.39, 0.29) is 11.4 Å². The summed E-state index contributed by atoms with van der Waals surface area (Å²) in [5.74, 6) is 1.49. The molecular weight excluding hydrogens is 368 g/mol. The zero-order chi connectivity index (χ0) is 20.3. The minimum absolute atomic E-state index is 0.155. The predicted octanol–water partition coefficient (Wildman–Crippen LogP) is 2.88. The molecule has 0 spiro atoms. The van der Waals surface area contributed by atoms with Gasteiger partial charge in [0.05, 0.1) is 50.9 Å². The third-order valence-corrected chi connectivity index (χ3v) is 4.11. The molecule has 1 heterocycles. The Morgan fingerprint density at radius 1 is 0.929 bits per heavy atom. The highest BCUT2D eigenvalue weighted by molar-refractivity contribution is 5.68. The number of benzene rings is 2. The van der Waals surface area contributed by atoms with Gasteiger partial charge in [0.25, 0.3) is 0 Å². The molecule has 0 radical (unpaired) electrons. The largest absolute Gasteiger partial charge is 0.493 e. The molecule has 3 rings (SSSR count). The smallest absolute Gasteiger partial charge is 0.311 e. The van der Waals surface area contributed by atoms with Gasteiger partial charge in [0, 0.05) is 23.8 Å². The molecular formula is C18H18N4O6. The van der Waals surface area contributed by atoms with Crippen LogP contribution in [0.2, 0.25) is 0 Å². The van der Waals surface area contributed by atoms with Crippen LogP contribution in [-0.2, 0) is 0 Å². The molecule has 0 N–H and O–H groups in total. The fourth-order valence-corrected chi connectivity index (χ4v) is 2.80. The summed E-state index contributed by atoms with van der Waals surface area (Å²) >= 11 is 0. The number of nitro groups is 1. The van der Waals surface area contributed by atoms with Crippen LogP contribution in [0.1, 0.15) is 0 Å². The standard InChI is InChI=1S/C18H18N4O6/c1-25-15-6-5-11(7-13(15)22(23)24)14-10-19-20-21(14)12-8-16(26-2)18(28-4)17(9-12)27-3/h5-10H,1-4H3. The molecule has 0 bridgehead atoms. The molecule has 2 aromatic carbocycles. The van der Waals surface area contributed by atoms with E-state index >= 15 is 0 Å². The van der Waals surface area contributed by atoms with E-state index in [1.165, 1.54) is 51.5 Å². The quantitative estimate of drug-likeness (QED) is 0.450. The number of nitro benzene ring substituents is 1. The maximum Gasteiger partial charge on any atom is 0.311 e. The molecule has 0 fully saturated rings. The number of hydrogen-bond acceptors (Lipinski definition) is 8. The van der Waals surface area contributed by atoms with Crippen molar-refractivity contribution in [3.05, 3.63) is 46.6 Å². The summed E-state index contributed by atoms with van der Waals surface area (Å²) < 4.78 is 22.6. The Bertz CT molecular complexity index is 992. The number of methoxy groups -OCH3 is 4. The SMILES string of the molecule is COc1ccc(-c2cnnn2-c2cc(OC)c(OC)c(OC)c2)cc1[N+](=O)[O-]. The van der Waals surface area contributed by atoms with E-state index in [9.17, 15) is 10.1 Å². The third kappa shape index (κ3) is 3.27. The van der Waals surface area contributed by atoms with Gasteiger partial charge in [-0.05, 0) is 12.1 Å². The van der Waals surface area contributed by atoms with E-state index in [0.717, 1.165) is 0 Å². The Morgan fingerprint density at radius 3 is 2.11 bits per heavy atom. The lowest BCUT2D eigenvalue weighted by Gasteiger charge is -2.15. The van der Waals surface area contributed by atoms with Crippen molar-refractivity contribution in [3.63, 3.8) is 0 Å². The summed E-state index contributed by atoms with van der Waals surface area (Å²) in [7, 11) is 5.91. The van der Waals surface area contributed by atoms with Gasteiger partial charge < -0.3 is 18.9 Å². The van der Waals surface area contributed by atoms with Crippen molar-refractivity contribution in [3.8, 4) is 39.9 Å². The van der Waals surface area contributed by atoms with Crippen molar-refractivity contribution in [1.82, 2.24) is 15.0 Å². The van der Waals surface area contributed by atoms with Gasteiger partial charge in [-0.2, -0.15) is 0 Å². The number of nitrogens with zero attached hydrogens (tertiary/aromatic N) is 4. The fraction of sp³-hybridized carbons (Fsp3) is 0.222. The number of aromatic nitrogens is 3. The topological polar surface area (TPSA) is 111 Å². The average molecular weight is 386 g/mol. The highest BCUT2D eigenvalue weighted by Gasteiger charge is 2.20. The first kappa shape index (κ1) is 19.0. The Hall–Kier alpha value is -3.82. The van der Waals surface area contributed by atoms with E-state index in [4.69, 9.17) is 18.9 Å². The minimum atomic E-state index is -0.504. The summed E-state index contributed by atoms with van der Waals surface area (Å²) in [6.07, 6.45) is 1.51. The number of rotatable bonds is 7. The van der Waals surface area contributed by atoms with Gasteiger partial charge in [-0.1, -0.05) is 5.21 Å². The van der Waals surface area contributed by atoms with E-state index in [1.807, 2.05) is 0 Å². The molecule has 1 aromatic heterocycles. The van der Waals surface area contributed by atoms with E-state index in [2.05, 4.69) is 10.3 Å². The highest BCUT2D eigenvalue weighted by Crippen LogP contribution is 2.40. The van der Waals surface area contributed by atoms with Gasteiger partial charge in [0.1, 0.15) is 0 Å². The second kappa shape index (κ2) is 7.82. The van der Waals surface area contributed by atoms with Crippen molar-refractivity contribution in [1.29, 1.82) is 0 Å². The van der Waals surface area contributed by atoms with Gasteiger partial charge in [-0.3, -0.25) is 10.1 Å². The molecule has 0 aliphatic carbocycles. The molecule has 0 unspecified atom stereocenters. The second-order valence-electron chi connectivity index (χ2n) is 5.56. The first-order valence-corrected chi connectivity index (χ1v) is 8.08. The lowest BCUT2D eigenvalue weighted by atomic mass is 10.1. The Morgan fingerprint density at radius 2 is 1.57 bits per heavy atom. The van der Waals surface area contributed by atoms with Crippen LogP contribution in [0.4, 0.5) is 5.69 Å². The van der Waals surface area contributed by atoms with Crippen LogP contribution in [0.5, 0.6) is 23.0 Å². The lowest BCUT2D eigenvalue weighted by molar-refractivity contribution is -0.385. The first-order chi connectivity index (χ1) is 13.5. The minimum Gasteiger partial charge on any atom is -0.493 e. The van der Waals surface area contributed by atoms with Gasteiger partial charge in [-0.25, -0.2) is 4.68 Å². The van der Waals surface area contributed by atoms with Crippen LogP contribution in [0.3, 0.4) is 0 Å². The Kier molecular flexibility index (Phi) is 5.30. The maximum atomic E-state index is 11.3. The summed E-state index contributed by atoms with van der Waals surface area (Å²) in [5.41, 5.74) is 1.52. The monoisotopic (exact) mass is 386 g/mol. The molecule has 10 heteroatoms. The summed E-state index contributed by atoms with van der Waals surface area (Å²) in [6.45, 7) is 0. The molecule has 28 heavy (non-hydrogen) atoms. The molecule has 0 saturated heterocycles. The van der Waals surface area contributed by atoms with E-state index < -0.39 is 4.92 Å². The predicted molar refractivity (Wildman–Crippen MR) is 99.7 cm³/mol. The van der Waals surface area contributed by atoms with E-state index in [0.29, 0.717) is 34.2 Å². The molecule has 0 aliphatic heterocycles. The fourth-order valence-electron chi connectivity index (χ4n) is 2.80. The van der Waals surface area contributed by atoms with Crippen molar-refractivity contribution >= 4 is 5.69 Å². The maximum absolute atomic E-state index is 11.3. The second-order valence-corrected chi connectivity index (χ2v) is 5.56. The summed E-state index contributed by atoms with van der Waals surface area (Å²) in [5, 5.41) is 19.4. The van der Waals surface area contributed by atoms with Crippen LogP contribution >= 0.6 is 0 Å². The molecule has 0 aliphatic rings. The van der Waals surface area contributed by atoms with E-state index in [1.54, 1.807) is 18.2 Å².